The van der Waals surface area contributed by atoms with E-state index in [0.29, 0.717) is 0 Å². The zero-order chi connectivity index (χ0) is 19.6. The minimum Gasteiger partial charge on any atom is -0.0689 e. The molecule has 8 atom stereocenters. The van der Waals surface area contributed by atoms with E-state index < -0.39 is 8.07 Å². The minimum atomic E-state index is -1.27. The molecule has 8 unspecified atom stereocenters. The monoisotopic (exact) mass is 412 g/mol. The van der Waals surface area contributed by atoms with E-state index in [1.807, 2.05) is 0 Å². The van der Waals surface area contributed by atoms with Crippen molar-refractivity contribution >= 4 is 8.07 Å². The van der Waals surface area contributed by atoms with Crippen LogP contribution in [0.2, 0.25) is 24.2 Å². The first kappa shape index (κ1) is 19.9. The fourth-order valence-corrected chi connectivity index (χ4v) is 18.2. The molecule has 6 aliphatic rings. The highest BCUT2D eigenvalue weighted by molar-refractivity contribution is 6.80. The molecular weight excluding hydrogens is 364 g/mol. The quantitative estimate of drug-likeness (QED) is 0.398. The van der Waals surface area contributed by atoms with Crippen molar-refractivity contribution in [2.45, 2.75) is 127 Å². The summed E-state index contributed by atoms with van der Waals surface area (Å²) >= 11 is 0. The fourth-order valence-electron chi connectivity index (χ4n) is 11.7. The van der Waals surface area contributed by atoms with Gasteiger partial charge in [0.15, 0.2) is 0 Å². The lowest BCUT2D eigenvalue weighted by Gasteiger charge is -2.49. The van der Waals surface area contributed by atoms with Crippen LogP contribution in [-0.2, 0) is 0 Å². The van der Waals surface area contributed by atoms with Gasteiger partial charge >= 0.3 is 0 Å². The number of rotatable bonds is 2. The van der Waals surface area contributed by atoms with Crippen LogP contribution in [0.4, 0.5) is 0 Å². The Morgan fingerprint density at radius 2 is 0.552 bits per heavy atom. The van der Waals surface area contributed by atoms with Crippen molar-refractivity contribution in [2.75, 3.05) is 0 Å². The maximum Gasteiger partial charge on any atom is 0.0547 e. The summed E-state index contributed by atoms with van der Waals surface area (Å²) in [5.74, 6) is 9.33. The van der Waals surface area contributed by atoms with Crippen molar-refractivity contribution in [1.82, 2.24) is 0 Å². The molecule has 0 bridgehead atoms. The topological polar surface area (TPSA) is 0 Å². The summed E-state index contributed by atoms with van der Waals surface area (Å²) in [7, 11) is -1.27. The molecule has 0 aromatic heterocycles. The molecule has 0 nitrogen and oxygen atoms in total. The number of hydrogen-bond donors (Lipinski definition) is 0. The van der Waals surface area contributed by atoms with Crippen LogP contribution in [0.5, 0.6) is 0 Å². The van der Waals surface area contributed by atoms with E-state index in [9.17, 15) is 0 Å². The normalized spacial score (nSPS) is 52.3. The largest absolute Gasteiger partial charge is 0.0689 e. The second kappa shape index (κ2) is 7.67. The van der Waals surface area contributed by atoms with Crippen LogP contribution in [0, 0.1) is 47.3 Å². The summed E-state index contributed by atoms with van der Waals surface area (Å²) < 4.78 is 0. The smallest absolute Gasteiger partial charge is 0.0547 e. The summed E-state index contributed by atoms with van der Waals surface area (Å²) in [6.45, 7) is 5.96. The van der Waals surface area contributed by atoms with E-state index >= 15 is 0 Å². The fraction of sp³-hybridized carbons (Fsp3) is 1.00. The lowest BCUT2D eigenvalue weighted by molar-refractivity contribution is 0.184. The van der Waals surface area contributed by atoms with Crippen molar-refractivity contribution in [3.8, 4) is 0 Å². The first-order chi connectivity index (χ1) is 14.2. The minimum absolute atomic E-state index is 1.16. The molecule has 0 amide bonds. The van der Waals surface area contributed by atoms with Crippen LogP contribution in [0.15, 0.2) is 0 Å². The van der Waals surface area contributed by atoms with Crippen LogP contribution in [0.3, 0.4) is 0 Å². The van der Waals surface area contributed by atoms with Crippen molar-refractivity contribution in [3.63, 3.8) is 0 Å². The van der Waals surface area contributed by atoms with Crippen LogP contribution >= 0.6 is 0 Å². The zero-order valence-electron chi connectivity index (χ0n) is 19.6. The Morgan fingerprint density at radius 1 is 0.345 bits per heavy atom. The van der Waals surface area contributed by atoms with E-state index in [1.165, 1.54) is 34.8 Å². The highest BCUT2D eigenvalue weighted by Crippen LogP contribution is 2.70. The molecule has 6 saturated carbocycles. The zero-order valence-corrected chi connectivity index (χ0v) is 20.6. The predicted octanol–water partition coefficient (Wildman–Crippen LogP) is 8.69. The van der Waals surface area contributed by atoms with Crippen LogP contribution in [0.1, 0.15) is 103 Å². The third kappa shape index (κ3) is 3.01. The molecule has 6 aliphatic carbocycles. The van der Waals surface area contributed by atoms with Gasteiger partial charge in [0.1, 0.15) is 0 Å². The third-order valence-corrected chi connectivity index (χ3v) is 17.3. The summed E-state index contributed by atoms with van der Waals surface area (Å²) in [6, 6.07) is 0. The van der Waals surface area contributed by atoms with Crippen LogP contribution in [0.25, 0.3) is 0 Å². The van der Waals surface area contributed by atoms with Crippen LogP contribution in [-0.4, -0.2) is 8.07 Å². The van der Waals surface area contributed by atoms with Crippen molar-refractivity contribution < 1.29 is 0 Å². The Balaban J connectivity index is 1.37. The molecule has 6 rings (SSSR count). The van der Waals surface area contributed by atoms with Gasteiger partial charge in [-0.2, -0.15) is 0 Å². The molecule has 0 aromatic carbocycles. The van der Waals surface area contributed by atoms with Gasteiger partial charge < -0.3 is 0 Å². The standard InChI is InChI=1S/C28H48Si/c1-29(2,27-23-15-7-3-11-19(23)20-12-4-8-16-24(20)27)28-25-17-9-5-13-21(25)22-14-6-10-18-26(22)28/h19-28H,3-18H2,1-2H3. The Kier molecular flexibility index (Phi) is 5.25. The van der Waals surface area contributed by atoms with Crippen molar-refractivity contribution in [1.29, 1.82) is 0 Å². The van der Waals surface area contributed by atoms with Gasteiger partial charge in [0.2, 0.25) is 0 Å². The SMILES string of the molecule is C[Si](C)(C1C2CCCCC2C2CCCCC21)C1C2CCCCC2C2CCCCC21. The molecule has 0 radical (unpaired) electrons. The first-order valence-corrected chi connectivity index (χ1v) is 17.3. The first-order valence-electron chi connectivity index (χ1n) is 14.2. The summed E-state index contributed by atoms with van der Waals surface area (Å²) in [5.41, 5.74) is 2.43. The Bertz CT molecular complexity index is 501. The molecule has 0 N–H and O–H groups in total. The van der Waals surface area contributed by atoms with E-state index in [0.717, 1.165) is 23.7 Å². The van der Waals surface area contributed by atoms with E-state index in [1.54, 1.807) is 103 Å². The second-order valence-corrected chi connectivity index (χ2v) is 18.3. The highest BCUT2D eigenvalue weighted by Gasteiger charge is 2.63. The summed E-state index contributed by atoms with van der Waals surface area (Å²) in [5, 5.41) is 0. The van der Waals surface area contributed by atoms with Gasteiger partial charge in [-0.1, -0.05) is 90.1 Å². The van der Waals surface area contributed by atoms with Crippen LogP contribution < -0.4 is 0 Å². The van der Waals surface area contributed by atoms with Gasteiger partial charge in [0.25, 0.3) is 0 Å². The molecule has 29 heavy (non-hydrogen) atoms. The van der Waals surface area contributed by atoms with Crippen molar-refractivity contribution in [2.24, 2.45) is 47.3 Å². The Hall–Kier alpha value is 0.217. The van der Waals surface area contributed by atoms with Gasteiger partial charge in [-0.3, -0.25) is 0 Å². The molecule has 0 aromatic rings. The van der Waals surface area contributed by atoms with Gasteiger partial charge in [0.05, 0.1) is 8.07 Å². The molecule has 0 spiro atoms. The molecule has 164 valence electrons. The summed E-state index contributed by atoms with van der Waals surface area (Å²) in [4.78, 5) is 0. The lowest BCUT2D eigenvalue weighted by Crippen LogP contribution is -2.47. The maximum absolute atomic E-state index is 2.98. The number of hydrogen-bond acceptors (Lipinski definition) is 0. The average molecular weight is 413 g/mol. The third-order valence-electron chi connectivity index (χ3n) is 12.2. The van der Waals surface area contributed by atoms with Gasteiger partial charge in [0, 0.05) is 0 Å². The van der Waals surface area contributed by atoms with Crippen molar-refractivity contribution in [3.05, 3.63) is 0 Å². The highest BCUT2D eigenvalue weighted by atomic mass is 28.3. The van der Waals surface area contributed by atoms with Gasteiger partial charge in [-0.05, 0) is 84.1 Å². The lowest BCUT2D eigenvalue weighted by atomic mass is 9.73. The maximum atomic E-state index is 2.98. The average Bonchev–Trinajstić information content (AvgIpc) is 3.28. The van der Waals surface area contributed by atoms with Gasteiger partial charge in [-0.15, -0.1) is 0 Å². The molecule has 0 saturated heterocycles. The molecule has 0 heterocycles. The molecule has 0 aliphatic heterocycles. The molecule has 6 fully saturated rings. The predicted molar refractivity (Wildman–Crippen MR) is 127 cm³/mol. The number of fused-ring (bicyclic) bond motifs is 6. The van der Waals surface area contributed by atoms with Gasteiger partial charge in [-0.25, -0.2) is 0 Å². The van der Waals surface area contributed by atoms with E-state index in [2.05, 4.69) is 13.1 Å². The second-order valence-electron chi connectivity index (χ2n) is 13.3. The summed E-state index contributed by atoms with van der Waals surface area (Å²) in [6.07, 6.45) is 25.6. The van der Waals surface area contributed by atoms with E-state index in [-0.39, 0.29) is 0 Å². The molecular formula is C28H48Si. The Morgan fingerprint density at radius 3 is 0.793 bits per heavy atom. The molecule has 1 heteroatoms. The Labute approximate surface area is 182 Å². The van der Waals surface area contributed by atoms with E-state index in [4.69, 9.17) is 0 Å².